The van der Waals surface area contributed by atoms with Gasteiger partial charge in [-0.1, -0.05) is 12.1 Å². The maximum Gasteiger partial charge on any atom is 0.307 e. The van der Waals surface area contributed by atoms with Gasteiger partial charge in [-0.05, 0) is 18.8 Å². The van der Waals surface area contributed by atoms with Crippen LogP contribution in [0.2, 0.25) is 0 Å². The first kappa shape index (κ1) is 12.6. The Bertz CT molecular complexity index is 429. The third kappa shape index (κ3) is 2.69. The van der Waals surface area contributed by atoms with Crippen LogP contribution in [0.5, 0.6) is 0 Å². The van der Waals surface area contributed by atoms with Crippen LogP contribution in [0.3, 0.4) is 0 Å². The fourth-order valence-electron chi connectivity index (χ4n) is 2.49. The minimum Gasteiger partial charge on any atom is -0.481 e. The number of aromatic nitrogens is 1. The molecule has 2 N–H and O–H groups in total. The summed E-state index contributed by atoms with van der Waals surface area (Å²) in [5, 5.41) is 15.5. The average molecular weight is 252 g/mol. The lowest BCUT2D eigenvalue weighted by molar-refractivity contribution is -0.146. The molecule has 1 unspecified atom stereocenters. The van der Waals surface area contributed by atoms with Crippen molar-refractivity contribution in [3.05, 3.63) is 18.0 Å². The average Bonchev–Trinajstić information content (AvgIpc) is 2.94. The van der Waals surface area contributed by atoms with Gasteiger partial charge in [0, 0.05) is 6.07 Å². The van der Waals surface area contributed by atoms with Crippen LogP contribution in [-0.4, -0.2) is 22.1 Å². The lowest BCUT2D eigenvalue weighted by atomic mass is 9.95. The van der Waals surface area contributed by atoms with Crippen LogP contribution in [0, 0.1) is 17.8 Å². The molecule has 0 aromatic carbocycles. The van der Waals surface area contributed by atoms with Gasteiger partial charge in [0.1, 0.15) is 12.0 Å². The Morgan fingerprint density at radius 1 is 1.50 bits per heavy atom. The molecular formula is C12H16N2O4. The second-order valence-electron chi connectivity index (χ2n) is 4.84. The third-order valence-electron chi connectivity index (χ3n) is 3.39. The van der Waals surface area contributed by atoms with Gasteiger partial charge in [-0.3, -0.25) is 9.59 Å². The Balaban J connectivity index is 1.93. The highest BCUT2D eigenvalue weighted by molar-refractivity contribution is 5.85. The van der Waals surface area contributed by atoms with E-state index in [1.807, 2.05) is 6.92 Å². The van der Waals surface area contributed by atoms with Gasteiger partial charge in [-0.25, -0.2) is 0 Å². The van der Waals surface area contributed by atoms with Crippen molar-refractivity contribution < 1.29 is 19.2 Å². The number of amides is 1. The molecule has 0 spiro atoms. The quantitative estimate of drug-likeness (QED) is 0.835. The summed E-state index contributed by atoms with van der Waals surface area (Å²) in [6.45, 7) is 2.24. The van der Waals surface area contributed by atoms with E-state index >= 15 is 0 Å². The summed E-state index contributed by atoms with van der Waals surface area (Å²) in [4.78, 5) is 23.1. The van der Waals surface area contributed by atoms with Gasteiger partial charge in [-0.2, -0.15) is 0 Å². The third-order valence-corrected chi connectivity index (χ3v) is 3.39. The summed E-state index contributed by atoms with van der Waals surface area (Å²) >= 11 is 0. The molecule has 1 aromatic heterocycles. The van der Waals surface area contributed by atoms with E-state index in [1.54, 1.807) is 6.07 Å². The molecule has 6 heteroatoms. The number of carboxylic acids is 1. The molecular weight excluding hydrogens is 236 g/mol. The standard InChI is InChI=1S/C12H16N2O4/c1-7-4-9(10(5-7)12(16)17)11(15)13-6-8-2-3-18-14-8/h2-3,7,9-10H,4-6H2,1H3,(H,13,15)(H,16,17)/t7?,9-,10+/m0/s1. The van der Waals surface area contributed by atoms with Crippen molar-refractivity contribution in [2.45, 2.75) is 26.3 Å². The molecule has 98 valence electrons. The van der Waals surface area contributed by atoms with E-state index in [-0.39, 0.29) is 18.4 Å². The number of nitrogens with zero attached hydrogens (tertiary/aromatic N) is 1. The fourth-order valence-corrected chi connectivity index (χ4v) is 2.49. The normalized spacial score (nSPS) is 27.1. The smallest absolute Gasteiger partial charge is 0.307 e. The van der Waals surface area contributed by atoms with Crippen LogP contribution in [-0.2, 0) is 16.1 Å². The van der Waals surface area contributed by atoms with Crippen LogP contribution >= 0.6 is 0 Å². The Morgan fingerprint density at radius 3 is 2.83 bits per heavy atom. The first-order chi connectivity index (χ1) is 8.58. The maximum absolute atomic E-state index is 12.0. The van der Waals surface area contributed by atoms with Crippen molar-refractivity contribution in [1.29, 1.82) is 0 Å². The largest absolute Gasteiger partial charge is 0.481 e. The van der Waals surface area contributed by atoms with E-state index in [0.29, 0.717) is 18.5 Å². The van der Waals surface area contributed by atoms with Gasteiger partial charge >= 0.3 is 5.97 Å². The van der Waals surface area contributed by atoms with Crippen LogP contribution in [0.25, 0.3) is 0 Å². The Labute approximate surface area is 104 Å². The van der Waals surface area contributed by atoms with Crippen LogP contribution in [0.15, 0.2) is 16.9 Å². The summed E-state index contributed by atoms with van der Waals surface area (Å²) in [6, 6.07) is 1.66. The number of aliphatic carboxylic acids is 1. The number of carbonyl (C=O) groups excluding carboxylic acids is 1. The van der Waals surface area contributed by atoms with E-state index in [9.17, 15) is 9.59 Å². The Hall–Kier alpha value is -1.85. The lowest BCUT2D eigenvalue weighted by Gasteiger charge is -2.14. The van der Waals surface area contributed by atoms with Crippen molar-refractivity contribution in [2.24, 2.45) is 17.8 Å². The molecule has 0 bridgehead atoms. The number of hydrogen-bond acceptors (Lipinski definition) is 4. The van der Waals surface area contributed by atoms with Crippen LogP contribution < -0.4 is 5.32 Å². The van der Waals surface area contributed by atoms with Gasteiger partial charge in [0.15, 0.2) is 0 Å². The number of rotatable bonds is 4. The Kier molecular flexibility index (Phi) is 3.64. The van der Waals surface area contributed by atoms with Crippen LogP contribution in [0.4, 0.5) is 0 Å². The summed E-state index contributed by atoms with van der Waals surface area (Å²) in [6.07, 6.45) is 2.62. The molecule has 1 amide bonds. The Morgan fingerprint density at radius 2 is 2.22 bits per heavy atom. The van der Waals surface area contributed by atoms with E-state index in [1.165, 1.54) is 6.26 Å². The number of carbonyl (C=O) groups is 2. The second-order valence-corrected chi connectivity index (χ2v) is 4.84. The first-order valence-corrected chi connectivity index (χ1v) is 5.97. The SMILES string of the molecule is CC1C[C@H](C(=O)NCc2ccon2)[C@H](C(=O)O)C1. The van der Waals surface area contributed by atoms with Crippen molar-refractivity contribution in [1.82, 2.24) is 10.5 Å². The summed E-state index contributed by atoms with van der Waals surface area (Å²) in [7, 11) is 0. The van der Waals surface area contributed by atoms with E-state index < -0.39 is 17.8 Å². The summed E-state index contributed by atoms with van der Waals surface area (Å²) < 4.78 is 4.65. The first-order valence-electron chi connectivity index (χ1n) is 5.97. The van der Waals surface area contributed by atoms with Crippen molar-refractivity contribution >= 4 is 11.9 Å². The molecule has 1 saturated carbocycles. The minimum atomic E-state index is -0.888. The van der Waals surface area contributed by atoms with E-state index in [4.69, 9.17) is 5.11 Å². The molecule has 6 nitrogen and oxygen atoms in total. The van der Waals surface area contributed by atoms with Gasteiger partial charge in [-0.15, -0.1) is 0 Å². The predicted octanol–water partition coefficient (Wildman–Crippen LogP) is 1.04. The maximum atomic E-state index is 12.0. The van der Waals surface area contributed by atoms with Gasteiger partial charge in [0.2, 0.25) is 5.91 Å². The van der Waals surface area contributed by atoms with Crippen molar-refractivity contribution in [3.63, 3.8) is 0 Å². The zero-order valence-electron chi connectivity index (χ0n) is 10.1. The minimum absolute atomic E-state index is 0.213. The summed E-state index contributed by atoms with van der Waals surface area (Å²) in [5.74, 6) is -1.84. The zero-order chi connectivity index (χ0) is 13.1. The van der Waals surface area contributed by atoms with Crippen molar-refractivity contribution in [2.75, 3.05) is 0 Å². The molecule has 1 fully saturated rings. The van der Waals surface area contributed by atoms with E-state index in [0.717, 1.165) is 0 Å². The molecule has 0 radical (unpaired) electrons. The molecule has 1 aromatic rings. The predicted molar refractivity (Wildman–Crippen MR) is 61.4 cm³/mol. The highest BCUT2D eigenvalue weighted by Crippen LogP contribution is 2.36. The molecule has 0 saturated heterocycles. The number of carboxylic acid groups (broad SMARTS) is 1. The fraction of sp³-hybridized carbons (Fsp3) is 0.583. The monoisotopic (exact) mass is 252 g/mol. The summed E-state index contributed by atoms with van der Waals surface area (Å²) in [5.41, 5.74) is 0.626. The highest BCUT2D eigenvalue weighted by Gasteiger charge is 2.41. The molecule has 2 rings (SSSR count). The molecule has 3 atom stereocenters. The van der Waals surface area contributed by atoms with Crippen LogP contribution in [0.1, 0.15) is 25.5 Å². The van der Waals surface area contributed by atoms with Gasteiger partial charge in [0.05, 0.1) is 18.4 Å². The number of nitrogens with one attached hydrogen (secondary N) is 1. The molecule has 0 aliphatic heterocycles. The second kappa shape index (κ2) is 5.20. The van der Waals surface area contributed by atoms with Crippen molar-refractivity contribution in [3.8, 4) is 0 Å². The molecule has 1 aliphatic carbocycles. The topological polar surface area (TPSA) is 92.4 Å². The zero-order valence-corrected chi connectivity index (χ0v) is 10.1. The van der Waals surface area contributed by atoms with E-state index in [2.05, 4.69) is 15.0 Å². The molecule has 18 heavy (non-hydrogen) atoms. The molecule has 1 aliphatic rings. The molecule has 1 heterocycles. The van der Waals surface area contributed by atoms with Gasteiger partial charge < -0.3 is 14.9 Å². The lowest BCUT2D eigenvalue weighted by Crippen LogP contribution is -2.35. The highest BCUT2D eigenvalue weighted by atomic mass is 16.5. The number of hydrogen-bond donors (Lipinski definition) is 2. The van der Waals surface area contributed by atoms with Gasteiger partial charge in [0.25, 0.3) is 0 Å².